The van der Waals surface area contributed by atoms with Gasteiger partial charge in [0.15, 0.2) is 0 Å². The van der Waals surface area contributed by atoms with E-state index in [1.807, 2.05) is 0 Å². The molecule has 1 atom stereocenters. The quantitative estimate of drug-likeness (QED) is 0.732. The van der Waals surface area contributed by atoms with E-state index in [0.29, 0.717) is 18.3 Å². The Morgan fingerprint density at radius 3 is 3.29 bits per heavy atom. The molecule has 0 N–H and O–H groups in total. The molecule has 1 saturated heterocycles. The Hall–Kier alpha value is -1.36. The fourth-order valence-electron chi connectivity index (χ4n) is 1.95. The largest absolute Gasteiger partial charge is 0.462 e. The van der Waals surface area contributed by atoms with Gasteiger partial charge in [0, 0.05) is 19.3 Å². The van der Waals surface area contributed by atoms with Gasteiger partial charge < -0.3 is 9.47 Å². The minimum Gasteiger partial charge on any atom is -0.462 e. The minimum atomic E-state index is -0.309. The highest BCUT2D eigenvalue weighted by Crippen LogP contribution is 2.15. The SMILES string of the molecule is CCOC(=O)c1cnn(CCC2CCCO2)c1. The fraction of sp³-hybridized carbons (Fsp3) is 0.667. The molecule has 1 fully saturated rings. The topological polar surface area (TPSA) is 53.3 Å². The van der Waals surface area contributed by atoms with Crippen LogP contribution in [-0.2, 0) is 16.0 Å². The summed E-state index contributed by atoms with van der Waals surface area (Å²) in [7, 11) is 0. The molecular formula is C12H18N2O3. The molecule has 0 amide bonds. The van der Waals surface area contributed by atoms with Crippen LogP contribution >= 0.6 is 0 Å². The Morgan fingerprint density at radius 2 is 2.59 bits per heavy atom. The van der Waals surface area contributed by atoms with Gasteiger partial charge in [-0.2, -0.15) is 5.10 Å². The molecular weight excluding hydrogens is 220 g/mol. The lowest BCUT2D eigenvalue weighted by molar-refractivity contribution is 0.0526. The van der Waals surface area contributed by atoms with E-state index in [1.165, 1.54) is 0 Å². The Morgan fingerprint density at radius 1 is 1.71 bits per heavy atom. The molecule has 0 spiro atoms. The second-order valence-corrected chi connectivity index (χ2v) is 4.14. The molecule has 1 aliphatic heterocycles. The lowest BCUT2D eigenvalue weighted by Gasteiger charge is -2.08. The molecule has 0 bridgehead atoms. The lowest BCUT2D eigenvalue weighted by atomic mass is 10.2. The van der Waals surface area contributed by atoms with Crippen molar-refractivity contribution in [2.45, 2.75) is 38.8 Å². The van der Waals surface area contributed by atoms with Gasteiger partial charge in [-0.15, -0.1) is 0 Å². The first-order valence-corrected chi connectivity index (χ1v) is 6.10. The van der Waals surface area contributed by atoms with Crippen molar-refractivity contribution in [1.29, 1.82) is 0 Å². The first kappa shape index (κ1) is 12.1. The summed E-state index contributed by atoms with van der Waals surface area (Å²) in [6, 6.07) is 0. The van der Waals surface area contributed by atoms with Gasteiger partial charge in [0.05, 0.1) is 24.5 Å². The monoisotopic (exact) mass is 238 g/mol. The Bertz CT molecular complexity index is 370. The van der Waals surface area contributed by atoms with Gasteiger partial charge in [-0.05, 0) is 26.2 Å². The number of carbonyl (C=O) groups excluding carboxylic acids is 1. The maximum absolute atomic E-state index is 11.4. The maximum atomic E-state index is 11.4. The molecule has 2 rings (SSSR count). The van der Waals surface area contributed by atoms with Crippen molar-refractivity contribution in [3.8, 4) is 0 Å². The van der Waals surface area contributed by atoms with Gasteiger partial charge in [-0.25, -0.2) is 4.79 Å². The predicted molar refractivity (Wildman–Crippen MR) is 61.8 cm³/mol. The summed E-state index contributed by atoms with van der Waals surface area (Å²) in [5.74, 6) is -0.309. The summed E-state index contributed by atoms with van der Waals surface area (Å²) < 4.78 is 12.2. The van der Waals surface area contributed by atoms with Crippen LogP contribution < -0.4 is 0 Å². The van der Waals surface area contributed by atoms with Gasteiger partial charge in [0.1, 0.15) is 0 Å². The first-order valence-electron chi connectivity index (χ1n) is 6.10. The highest BCUT2D eigenvalue weighted by Gasteiger charge is 2.16. The summed E-state index contributed by atoms with van der Waals surface area (Å²) in [4.78, 5) is 11.4. The van der Waals surface area contributed by atoms with Gasteiger partial charge >= 0.3 is 5.97 Å². The molecule has 1 aromatic heterocycles. The van der Waals surface area contributed by atoms with Crippen LogP contribution in [0.3, 0.4) is 0 Å². The zero-order valence-electron chi connectivity index (χ0n) is 10.1. The van der Waals surface area contributed by atoms with Gasteiger partial charge in [0.2, 0.25) is 0 Å². The molecule has 5 nitrogen and oxygen atoms in total. The average Bonchev–Trinajstić information content (AvgIpc) is 2.98. The highest BCUT2D eigenvalue weighted by atomic mass is 16.5. The summed E-state index contributed by atoms with van der Waals surface area (Å²) in [6.07, 6.45) is 6.86. The molecule has 17 heavy (non-hydrogen) atoms. The van der Waals surface area contributed by atoms with Crippen LogP contribution in [0.4, 0.5) is 0 Å². The van der Waals surface area contributed by atoms with E-state index in [1.54, 1.807) is 24.0 Å². The fourth-order valence-corrected chi connectivity index (χ4v) is 1.95. The molecule has 0 aromatic carbocycles. The number of esters is 1. The van der Waals surface area contributed by atoms with Crippen molar-refractivity contribution in [3.63, 3.8) is 0 Å². The van der Waals surface area contributed by atoms with Crippen LogP contribution in [0.2, 0.25) is 0 Å². The molecule has 0 aliphatic carbocycles. The van der Waals surface area contributed by atoms with Crippen LogP contribution in [0.1, 0.15) is 36.5 Å². The molecule has 0 saturated carbocycles. The van der Waals surface area contributed by atoms with Crippen molar-refractivity contribution >= 4 is 5.97 Å². The third-order valence-corrected chi connectivity index (χ3v) is 2.85. The summed E-state index contributed by atoms with van der Waals surface area (Å²) in [6.45, 7) is 3.83. The lowest BCUT2D eigenvalue weighted by Crippen LogP contribution is -2.10. The van der Waals surface area contributed by atoms with E-state index in [-0.39, 0.29) is 5.97 Å². The Balaban J connectivity index is 1.83. The normalized spacial score (nSPS) is 19.5. The standard InChI is InChI=1S/C12H18N2O3/c1-2-16-12(15)10-8-13-14(9-10)6-5-11-4-3-7-17-11/h8-9,11H,2-7H2,1H3. The number of hydrogen-bond donors (Lipinski definition) is 0. The number of aromatic nitrogens is 2. The molecule has 1 aliphatic rings. The van der Waals surface area contributed by atoms with Crippen molar-refractivity contribution in [2.75, 3.05) is 13.2 Å². The number of aryl methyl sites for hydroxylation is 1. The third kappa shape index (κ3) is 3.30. The Labute approximate surface area is 101 Å². The minimum absolute atomic E-state index is 0.309. The molecule has 5 heteroatoms. The van der Waals surface area contributed by atoms with E-state index in [2.05, 4.69) is 5.10 Å². The predicted octanol–water partition coefficient (Wildman–Crippen LogP) is 1.63. The molecule has 1 unspecified atom stereocenters. The number of nitrogens with zero attached hydrogens (tertiary/aromatic N) is 2. The van der Waals surface area contributed by atoms with Crippen LogP contribution in [-0.4, -0.2) is 35.1 Å². The smallest absolute Gasteiger partial charge is 0.341 e. The second kappa shape index (κ2) is 5.82. The van der Waals surface area contributed by atoms with Crippen molar-refractivity contribution in [1.82, 2.24) is 9.78 Å². The summed E-state index contributed by atoms with van der Waals surface area (Å²) in [5, 5.41) is 4.14. The zero-order valence-corrected chi connectivity index (χ0v) is 10.1. The van der Waals surface area contributed by atoms with Gasteiger partial charge in [-0.1, -0.05) is 0 Å². The van der Waals surface area contributed by atoms with Gasteiger partial charge in [-0.3, -0.25) is 4.68 Å². The van der Waals surface area contributed by atoms with Crippen molar-refractivity contribution in [2.24, 2.45) is 0 Å². The number of hydrogen-bond acceptors (Lipinski definition) is 4. The molecule has 0 radical (unpaired) electrons. The number of rotatable bonds is 5. The second-order valence-electron chi connectivity index (χ2n) is 4.14. The summed E-state index contributed by atoms with van der Waals surface area (Å²) in [5.41, 5.74) is 0.513. The maximum Gasteiger partial charge on any atom is 0.341 e. The molecule has 2 heterocycles. The molecule has 94 valence electrons. The number of carbonyl (C=O) groups is 1. The van der Waals surface area contributed by atoms with E-state index in [9.17, 15) is 4.79 Å². The third-order valence-electron chi connectivity index (χ3n) is 2.85. The van der Waals surface area contributed by atoms with Crippen molar-refractivity contribution in [3.05, 3.63) is 18.0 Å². The van der Waals surface area contributed by atoms with E-state index in [4.69, 9.17) is 9.47 Å². The highest BCUT2D eigenvalue weighted by molar-refractivity contribution is 5.88. The van der Waals surface area contributed by atoms with E-state index < -0.39 is 0 Å². The van der Waals surface area contributed by atoms with E-state index in [0.717, 1.165) is 32.4 Å². The summed E-state index contributed by atoms with van der Waals surface area (Å²) >= 11 is 0. The van der Waals surface area contributed by atoms with Crippen LogP contribution in [0.25, 0.3) is 0 Å². The van der Waals surface area contributed by atoms with Crippen molar-refractivity contribution < 1.29 is 14.3 Å². The first-order chi connectivity index (χ1) is 8.29. The van der Waals surface area contributed by atoms with Gasteiger partial charge in [0.25, 0.3) is 0 Å². The van der Waals surface area contributed by atoms with Crippen LogP contribution in [0.5, 0.6) is 0 Å². The zero-order chi connectivity index (χ0) is 12.1. The average molecular weight is 238 g/mol. The van der Waals surface area contributed by atoms with Crippen LogP contribution in [0.15, 0.2) is 12.4 Å². The Kier molecular flexibility index (Phi) is 4.14. The van der Waals surface area contributed by atoms with Crippen LogP contribution in [0, 0.1) is 0 Å². The molecule has 1 aromatic rings. The number of ether oxygens (including phenoxy) is 2. The van der Waals surface area contributed by atoms with E-state index >= 15 is 0 Å².